The third-order valence-corrected chi connectivity index (χ3v) is 7.65. The SMILES string of the molecule is CCNC(=O)Nc1ccc(-c2nc3c(c(N4CCOCC4C)n2)CN(C2CCN(C(=O)OC)CC2)C3)cc1F. The Morgan fingerprint density at radius 1 is 1.18 bits per heavy atom. The zero-order valence-electron chi connectivity index (χ0n) is 22.7. The van der Waals surface area contributed by atoms with Gasteiger partial charge in [0.2, 0.25) is 0 Å². The summed E-state index contributed by atoms with van der Waals surface area (Å²) in [6, 6.07) is 4.63. The van der Waals surface area contributed by atoms with Crippen LogP contribution in [0, 0.1) is 5.82 Å². The molecule has 210 valence electrons. The minimum absolute atomic E-state index is 0.0948. The quantitative estimate of drug-likeness (QED) is 0.594. The molecule has 2 fully saturated rings. The highest BCUT2D eigenvalue weighted by Gasteiger charge is 2.35. The van der Waals surface area contributed by atoms with Crippen molar-refractivity contribution in [1.82, 2.24) is 25.1 Å². The smallest absolute Gasteiger partial charge is 0.409 e. The van der Waals surface area contributed by atoms with Gasteiger partial charge in [-0.25, -0.2) is 23.9 Å². The number of hydrogen-bond donors (Lipinski definition) is 2. The highest BCUT2D eigenvalue weighted by atomic mass is 19.1. The second-order valence-electron chi connectivity index (χ2n) is 10.2. The number of piperidine rings is 1. The lowest BCUT2D eigenvalue weighted by atomic mass is 10.0. The maximum Gasteiger partial charge on any atom is 0.409 e. The van der Waals surface area contributed by atoms with Crippen LogP contribution in [0.25, 0.3) is 11.4 Å². The topological polar surface area (TPSA) is 112 Å². The van der Waals surface area contributed by atoms with E-state index >= 15 is 0 Å². The monoisotopic (exact) mass is 541 g/mol. The number of hydrogen-bond acceptors (Lipinski definition) is 8. The van der Waals surface area contributed by atoms with Crippen molar-refractivity contribution in [1.29, 1.82) is 0 Å². The van der Waals surface area contributed by atoms with E-state index in [0.717, 1.165) is 36.5 Å². The summed E-state index contributed by atoms with van der Waals surface area (Å²) in [6.45, 7) is 8.99. The molecule has 39 heavy (non-hydrogen) atoms. The Morgan fingerprint density at radius 2 is 1.97 bits per heavy atom. The average Bonchev–Trinajstić information content (AvgIpc) is 3.38. The van der Waals surface area contributed by atoms with Crippen molar-refractivity contribution in [3.05, 3.63) is 35.3 Å². The van der Waals surface area contributed by atoms with E-state index < -0.39 is 11.8 Å². The number of carbonyl (C=O) groups is 2. The lowest BCUT2D eigenvalue weighted by Crippen LogP contribution is -2.45. The number of benzene rings is 1. The zero-order valence-corrected chi connectivity index (χ0v) is 22.7. The van der Waals surface area contributed by atoms with E-state index in [4.69, 9.17) is 19.4 Å². The van der Waals surface area contributed by atoms with E-state index in [0.29, 0.717) is 63.4 Å². The van der Waals surface area contributed by atoms with Crippen molar-refractivity contribution in [3.8, 4) is 11.4 Å². The van der Waals surface area contributed by atoms with E-state index in [9.17, 15) is 14.0 Å². The van der Waals surface area contributed by atoms with Crippen LogP contribution in [0.5, 0.6) is 0 Å². The Labute approximate surface area is 227 Å². The van der Waals surface area contributed by atoms with Crippen LogP contribution in [0.4, 0.5) is 25.5 Å². The number of fused-ring (bicyclic) bond motifs is 1. The molecule has 0 bridgehead atoms. The number of ether oxygens (including phenoxy) is 2. The van der Waals surface area contributed by atoms with Gasteiger partial charge in [0, 0.05) is 56.4 Å². The van der Waals surface area contributed by atoms with Crippen molar-refractivity contribution in [3.63, 3.8) is 0 Å². The first-order valence-corrected chi connectivity index (χ1v) is 13.5. The van der Waals surface area contributed by atoms with Gasteiger partial charge in [0.1, 0.15) is 11.6 Å². The Morgan fingerprint density at radius 3 is 2.67 bits per heavy atom. The number of carbonyl (C=O) groups excluding carboxylic acids is 2. The molecule has 11 nitrogen and oxygen atoms in total. The van der Waals surface area contributed by atoms with Crippen LogP contribution in [0.1, 0.15) is 37.9 Å². The van der Waals surface area contributed by atoms with Crippen LogP contribution in [0.2, 0.25) is 0 Å². The molecular formula is C27H36FN7O4. The van der Waals surface area contributed by atoms with Gasteiger partial charge < -0.3 is 29.9 Å². The standard InChI is InChI=1S/C27H36FN7O4/c1-4-29-26(36)31-22-6-5-18(13-21(22)28)24-30-23-15-34(19-7-9-33(10-8-19)27(37)38-3)14-20(23)25(32-24)35-11-12-39-16-17(35)2/h5-6,13,17,19H,4,7-12,14-16H2,1-3H3,(H2,29,31,36). The predicted molar refractivity (Wildman–Crippen MR) is 144 cm³/mol. The molecule has 1 aromatic heterocycles. The van der Waals surface area contributed by atoms with E-state index in [1.54, 1.807) is 17.9 Å². The highest BCUT2D eigenvalue weighted by molar-refractivity contribution is 5.89. The number of rotatable bonds is 5. The Kier molecular flexibility index (Phi) is 8.12. The molecule has 0 spiro atoms. The maximum atomic E-state index is 15.0. The second kappa shape index (κ2) is 11.7. The van der Waals surface area contributed by atoms with Gasteiger partial charge in [0.05, 0.1) is 37.7 Å². The van der Waals surface area contributed by atoms with Crippen LogP contribution >= 0.6 is 0 Å². The van der Waals surface area contributed by atoms with Crippen molar-refractivity contribution in [2.45, 2.75) is 51.9 Å². The first kappa shape index (κ1) is 27.1. The predicted octanol–water partition coefficient (Wildman–Crippen LogP) is 3.20. The minimum atomic E-state index is -0.553. The lowest BCUT2D eigenvalue weighted by molar-refractivity contribution is 0.0826. The number of amides is 3. The molecular weight excluding hydrogens is 505 g/mol. The normalized spacial score (nSPS) is 20.1. The molecule has 3 amide bonds. The zero-order chi connectivity index (χ0) is 27.5. The highest BCUT2D eigenvalue weighted by Crippen LogP contribution is 2.36. The van der Waals surface area contributed by atoms with Gasteiger partial charge in [0.15, 0.2) is 5.82 Å². The fourth-order valence-corrected chi connectivity index (χ4v) is 5.55. The molecule has 5 rings (SSSR count). The first-order chi connectivity index (χ1) is 18.9. The summed E-state index contributed by atoms with van der Waals surface area (Å²) in [7, 11) is 1.41. The minimum Gasteiger partial charge on any atom is -0.453 e. The molecule has 1 unspecified atom stereocenters. The third-order valence-electron chi connectivity index (χ3n) is 7.65. The Balaban J connectivity index is 1.42. The lowest BCUT2D eigenvalue weighted by Gasteiger charge is -2.36. The fraction of sp³-hybridized carbons (Fsp3) is 0.556. The molecule has 2 aromatic rings. The van der Waals surface area contributed by atoms with Gasteiger partial charge in [0.25, 0.3) is 0 Å². The number of aromatic nitrogens is 2. The summed E-state index contributed by atoms with van der Waals surface area (Å²) in [4.78, 5) is 40.1. The van der Waals surface area contributed by atoms with Crippen molar-refractivity contribution in [2.24, 2.45) is 0 Å². The van der Waals surface area contributed by atoms with Crippen molar-refractivity contribution in [2.75, 3.05) is 56.7 Å². The number of morpholine rings is 1. The average molecular weight is 542 g/mol. The third kappa shape index (κ3) is 5.76. The molecule has 2 saturated heterocycles. The molecule has 12 heteroatoms. The Bertz CT molecular complexity index is 1220. The van der Waals surface area contributed by atoms with E-state index in [-0.39, 0.29) is 17.8 Å². The number of halogens is 1. The maximum absolute atomic E-state index is 15.0. The van der Waals surface area contributed by atoms with Gasteiger partial charge >= 0.3 is 12.1 Å². The molecule has 3 aliphatic rings. The molecule has 0 saturated carbocycles. The summed E-state index contributed by atoms with van der Waals surface area (Å²) in [5.74, 6) is 0.765. The summed E-state index contributed by atoms with van der Waals surface area (Å²) < 4.78 is 25.5. The van der Waals surface area contributed by atoms with Crippen LogP contribution in [0.15, 0.2) is 18.2 Å². The molecule has 0 radical (unpaired) electrons. The largest absolute Gasteiger partial charge is 0.453 e. The fourth-order valence-electron chi connectivity index (χ4n) is 5.55. The number of nitrogens with one attached hydrogen (secondary N) is 2. The van der Waals surface area contributed by atoms with Gasteiger partial charge in [-0.3, -0.25) is 4.90 Å². The van der Waals surface area contributed by atoms with Crippen LogP contribution in [0.3, 0.4) is 0 Å². The number of nitrogens with zero attached hydrogens (tertiary/aromatic N) is 5. The van der Waals surface area contributed by atoms with E-state index in [1.807, 2.05) is 0 Å². The molecule has 4 heterocycles. The van der Waals surface area contributed by atoms with Crippen molar-refractivity contribution >= 4 is 23.6 Å². The molecule has 1 aromatic carbocycles. The molecule has 2 N–H and O–H groups in total. The van der Waals surface area contributed by atoms with Crippen LogP contribution in [-0.4, -0.2) is 90.5 Å². The summed E-state index contributed by atoms with van der Waals surface area (Å²) >= 11 is 0. The number of urea groups is 1. The van der Waals surface area contributed by atoms with Gasteiger partial charge in [-0.05, 0) is 44.9 Å². The summed E-state index contributed by atoms with van der Waals surface area (Å²) in [6.07, 6.45) is 1.44. The van der Waals surface area contributed by atoms with Gasteiger partial charge in [-0.1, -0.05) is 0 Å². The summed E-state index contributed by atoms with van der Waals surface area (Å²) in [5, 5.41) is 5.13. The van der Waals surface area contributed by atoms with Gasteiger partial charge in [-0.15, -0.1) is 0 Å². The summed E-state index contributed by atoms with van der Waals surface area (Å²) in [5.41, 5.74) is 2.67. The number of anilines is 2. The molecule has 1 atom stereocenters. The van der Waals surface area contributed by atoms with Crippen LogP contribution in [-0.2, 0) is 22.6 Å². The van der Waals surface area contributed by atoms with Crippen LogP contribution < -0.4 is 15.5 Å². The van der Waals surface area contributed by atoms with E-state index in [1.165, 1.54) is 19.2 Å². The van der Waals surface area contributed by atoms with Gasteiger partial charge in [-0.2, -0.15) is 0 Å². The first-order valence-electron chi connectivity index (χ1n) is 13.5. The number of methoxy groups -OCH3 is 1. The Hall–Kier alpha value is -3.51. The molecule has 3 aliphatic heterocycles. The molecule has 0 aliphatic carbocycles. The number of likely N-dealkylation sites (tertiary alicyclic amines) is 1. The van der Waals surface area contributed by atoms with Crippen molar-refractivity contribution < 1.29 is 23.5 Å². The van der Waals surface area contributed by atoms with E-state index in [2.05, 4.69) is 27.4 Å². The second-order valence-corrected chi connectivity index (χ2v) is 10.2.